The number of hydrogen-bond donors (Lipinski definition) is 0. The molecule has 1 aromatic rings. The van der Waals surface area contributed by atoms with E-state index in [-0.39, 0.29) is 7.43 Å². The predicted octanol–water partition coefficient (Wildman–Crippen LogP) is 3.30. The SMILES string of the molecule is C.[C-]#[N+]c1c(F)c(F)c(C#N)c(F)c1F. The summed E-state index contributed by atoms with van der Waals surface area (Å²) in [4.78, 5) is 2.28. The third-order valence-electron chi connectivity index (χ3n) is 1.46. The van der Waals surface area contributed by atoms with Gasteiger partial charge in [0.1, 0.15) is 11.6 Å². The van der Waals surface area contributed by atoms with Crippen LogP contribution in [0.25, 0.3) is 4.85 Å². The van der Waals surface area contributed by atoms with Gasteiger partial charge >= 0.3 is 0 Å². The molecule has 0 unspecified atom stereocenters. The molecule has 0 heterocycles. The standard InChI is InChI=1S/C8F4N2.CH4/c1-14-8-6(11)4(9)3(2-13)5(10)7(8)12;/h;1H4. The molecule has 0 saturated heterocycles. The van der Waals surface area contributed by atoms with E-state index in [4.69, 9.17) is 11.8 Å². The number of nitrogens with zero attached hydrogens (tertiary/aromatic N) is 2. The summed E-state index contributed by atoms with van der Waals surface area (Å²) in [5, 5.41) is 8.17. The number of halogens is 4. The topological polar surface area (TPSA) is 28.1 Å². The van der Waals surface area contributed by atoms with Crippen molar-refractivity contribution >= 4 is 5.69 Å². The molecule has 0 spiro atoms. The van der Waals surface area contributed by atoms with Crippen LogP contribution in [0.15, 0.2) is 0 Å². The first-order valence-corrected chi connectivity index (χ1v) is 3.18. The smallest absolute Gasteiger partial charge is 0.232 e. The highest BCUT2D eigenvalue weighted by molar-refractivity contribution is 5.52. The molecule has 0 saturated carbocycles. The molecular formula is C9H4F4N2. The van der Waals surface area contributed by atoms with Gasteiger partial charge in [0.05, 0.1) is 6.57 Å². The summed E-state index contributed by atoms with van der Waals surface area (Å²) in [5.41, 5.74) is -2.76. The number of benzene rings is 1. The van der Waals surface area contributed by atoms with E-state index in [1.165, 1.54) is 0 Å². The van der Waals surface area contributed by atoms with Gasteiger partial charge in [-0.2, -0.15) is 5.26 Å². The average Bonchev–Trinajstić information content (AvgIpc) is 2.17. The second-order valence-corrected chi connectivity index (χ2v) is 2.20. The van der Waals surface area contributed by atoms with E-state index in [0.29, 0.717) is 0 Å². The van der Waals surface area contributed by atoms with E-state index in [2.05, 4.69) is 4.85 Å². The summed E-state index contributed by atoms with van der Waals surface area (Å²) in [6.45, 7) is 6.28. The highest BCUT2D eigenvalue weighted by Gasteiger charge is 2.25. The van der Waals surface area contributed by atoms with E-state index in [1.807, 2.05) is 0 Å². The molecule has 0 radical (unpaired) electrons. The Bertz CT molecular complexity index is 408. The molecule has 1 rings (SSSR count). The van der Waals surface area contributed by atoms with Crippen molar-refractivity contribution in [2.24, 2.45) is 0 Å². The van der Waals surface area contributed by atoms with Crippen molar-refractivity contribution in [1.29, 1.82) is 5.26 Å². The first-order valence-electron chi connectivity index (χ1n) is 3.18. The molecule has 0 aliphatic heterocycles. The fourth-order valence-corrected chi connectivity index (χ4v) is 0.816. The largest absolute Gasteiger partial charge is 0.262 e. The molecule has 15 heavy (non-hydrogen) atoms. The van der Waals surface area contributed by atoms with Crippen molar-refractivity contribution in [2.45, 2.75) is 7.43 Å². The maximum atomic E-state index is 12.7. The Morgan fingerprint density at radius 2 is 1.40 bits per heavy atom. The summed E-state index contributed by atoms with van der Waals surface area (Å²) >= 11 is 0. The normalized spacial score (nSPS) is 8.67. The molecule has 0 amide bonds. The number of hydrogen-bond acceptors (Lipinski definition) is 1. The fourth-order valence-electron chi connectivity index (χ4n) is 0.816. The second-order valence-electron chi connectivity index (χ2n) is 2.20. The molecule has 0 aromatic heterocycles. The van der Waals surface area contributed by atoms with Crippen LogP contribution in [0.3, 0.4) is 0 Å². The minimum atomic E-state index is -1.85. The van der Waals surface area contributed by atoms with E-state index >= 15 is 0 Å². The highest BCUT2D eigenvalue weighted by Crippen LogP contribution is 2.29. The summed E-state index contributed by atoms with van der Waals surface area (Å²) in [6.07, 6.45) is 0. The zero-order valence-corrected chi connectivity index (χ0v) is 6.41. The van der Waals surface area contributed by atoms with E-state index < -0.39 is 34.5 Å². The van der Waals surface area contributed by atoms with Gasteiger partial charge in [0, 0.05) is 0 Å². The molecule has 0 atom stereocenters. The molecule has 0 aliphatic carbocycles. The second kappa shape index (κ2) is 4.43. The van der Waals surface area contributed by atoms with Gasteiger partial charge in [-0.15, -0.1) is 0 Å². The zero-order chi connectivity index (χ0) is 10.9. The molecule has 0 N–H and O–H groups in total. The summed E-state index contributed by atoms with van der Waals surface area (Å²) in [5.74, 6) is -7.40. The Hall–Kier alpha value is -2.08. The first-order chi connectivity index (χ1) is 6.54. The Kier molecular flexibility index (Phi) is 3.81. The highest BCUT2D eigenvalue weighted by atomic mass is 19.2. The van der Waals surface area contributed by atoms with Gasteiger partial charge in [0.15, 0.2) is 23.3 Å². The molecule has 2 nitrogen and oxygen atoms in total. The summed E-state index contributed by atoms with van der Waals surface area (Å²) in [7, 11) is 0. The molecular weight excluding hydrogens is 212 g/mol. The maximum absolute atomic E-state index is 12.7. The monoisotopic (exact) mass is 216 g/mol. The summed E-state index contributed by atoms with van der Waals surface area (Å²) < 4.78 is 51.0. The molecule has 78 valence electrons. The molecule has 6 heteroatoms. The van der Waals surface area contributed by atoms with Crippen molar-refractivity contribution in [3.05, 3.63) is 40.2 Å². The molecule has 0 bridgehead atoms. The lowest BCUT2D eigenvalue weighted by atomic mass is 10.1. The van der Waals surface area contributed by atoms with Gasteiger partial charge in [0.25, 0.3) is 5.69 Å². The molecule has 1 aromatic carbocycles. The predicted molar refractivity (Wildman–Crippen MR) is 44.0 cm³/mol. The number of nitriles is 1. The minimum Gasteiger partial charge on any atom is -0.232 e. The lowest BCUT2D eigenvalue weighted by Crippen LogP contribution is -1.99. The van der Waals surface area contributed by atoms with Crippen LogP contribution in [0, 0.1) is 41.2 Å². The van der Waals surface area contributed by atoms with Gasteiger partial charge in [-0.05, 0) is 0 Å². The van der Waals surface area contributed by atoms with Crippen molar-refractivity contribution in [3.63, 3.8) is 0 Å². The van der Waals surface area contributed by atoms with Gasteiger partial charge < -0.3 is 0 Å². The van der Waals surface area contributed by atoms with Crippen LogP contribution >= 0.6 is 0 Å². The van der Waals surface area contributed by atoms with Crippen LogP contribution in [-0.2, 0) is 0 Å². The maximum Gasteiger partial charge on any atom is 0.262 e. The zero-order valence-electron chi connectivity index (χ0n) is 6.41. The van der Waals surface area contributed by atoms with Crippen LogP contribution in [0.1, 0.15) is 13.0 Å². The molecule has 0 aliphatic rings. The van der Waals surface area contributed by atoms with Crippen molar-refractivity contribution in [3.8, 4) is 6.07 Å². The van der Waals surface area contributed by atoms with E-state index in [1.54, 1.807) is 0 Å². The Labute approximate surface area is 83.2 Å². The lowest BCUT2D eigenvalue weighted by molar-refractivity contribution is 0.457. The third kappa shape index (κ3) is 1.75. The van der Waals surface area contributed by atoms with Crippen LogP contribution in [0.5, 0.6) is 0 Å². The Balaban J connectivity index is 0.00000196. The summed E-state index contributed by atoms with van der Waals surface area (Å²) in [6, 6.07) is 0.964. The fraction of sp³-hybridized carbons (Fsp3) is 0.111. The third-order valence-corrected chi connectivity index (χ3v) is 1.46. The Morgan fingerprint density at radius 3 is 1.67 bits per heavy atom. The van der Waals surface area contributed by atoms with Crippen LogP contribution in [-0.4, -0.2) is 0 Å². The van der Waals surface area contributed by atoms with Gasteiger partial charge in [-0.1, -0.05) is 7.43 Å². The Morgan fingerprint density at radius 1 is 1.00 bits per heavy atom. The average molecular weight is 216 g/mol. The van der Waals surface area contributed by atoms with Crippen LogP contribution < -0.4 is 0 Å². The van der Waals surface area contributed by atoms with Crippen molar-refractivity contribution < 1.29 is 17.6 Å². The van der Waals surface area contributed by atoms with Gasteiger partial charge in [0.2, 0.25) is 0 Å². The van der Waals surface area contributed by atoms with E-state index in [0.717, 1.165) is 6.07 Å². The van der Waals surface area contributed by atoms with E-state index in [9.17, 15) is 17.6 Å². The lowest BCUT2D eigenvalue weighted by Gasteiger charge is -2.01. The minimum absolute atomic E-state index is 0. The van der Waals surface area contributed by atoms with Gasteiger partial charge in [-0.3, -0.25) is 0 Å². The quantitative estimate of drug-likeness (QED) is 0.371. The van der Waals surface area contributed by atoms with Gasteiger partial charge in [-0.25, -0.2) is 22.4 Å². The first kappa shape index (κ1) is 12.9. The van der Waals surface area contributed by atoms with Crippen LogP contribution in [0.4, 0.5) is 23.2 Å². The molecule has 0 fully saturated rings. The van der Waals surface area contributed by atoms with Crippen LogP contribution in [0.2, 0.25) is 0 Å². The van der Waals surface area contributed by atoms with Crippen molar-refractivity contribution in [2.75, 3.05) is 0 Å². The van der Waals surface area contributed by atoms with Crippen molar-refractivity contribution in [1.82, 2.24) is 0 Å². The number of rotatable bonds is 0.